The number of primary amides is 1. The van der Waals surface area contributed by atoms with Gasteiger partial charge < -0.3 is 62.7 Å². The molecule has 123 heavy (non-hydrogen) atoms. The molecule has 13 amide bonds. The Morgan fingerprint density at radius 1 is 0.423 bits per heavy atom. The first-order chi connectivity index (χ1) is 58.5. The number of benzene rings is 8. The Morgan fingerprint density at radius 2 is 0.764 bits per heavy atom. The number of hydrogen-bond acceptors (Lipinski definition) is 18. The molecular formula is C91H99N13O15P2S2. The van der Waals surface area contributed by atoms with E-state index in [0.717, 1.165) is 44.5 Å². The summed E-state index contributed by atoms with van der Waals surface area (Å²) in [7, 11) is 0. The molecule has 0 spiro atoms. The van der Waals surface area contributed by atoms with Crippen molar-refractivity contribution >= 4 is 134 Å². The summed E-state index contributed by atoms with van der Waals surface area (Å²) in [6.07, 6.45) is -1.99. The third kappa shape index (κ3) is 21.1. The zero-order valence-corrected chi connectivity index (χ0v) is 72.9. The molecule has 0 aliphatic heterocycles. The van der Waals surface area contributed by atoms with E-state index in [9.17, 15) is 33.6 Å². The first-order valence-electron chi connectivity index (χ1n) is 40.0. The van der Waals surface area contributed by atoms with Crippen molar-refractivity contribution < 1.29 is 71.8 Å². The lowest BCUT2D eigenvalue weighted by Gasteiger charge is -2.39. The van der Waals surface area contributed by atoms with Crippen LogP contribution in [0.25, 0.3) is 22.3 Å². The fourth-order valence-electron chi connectivity index (χ4n) is 14.9. The second-order valence-electron chi connectivity index (χ2n) is 31.5. The Kier molecular flexibility index (Phi) is 29.3. The molecule has 0 bridgehead atoms. The van der Waals surface area contributed by atoms with Crippen molar-refractivity contribution in [2.24, 2.45) is 5.73 Å². The van der Waals surface area contributed by atoms with Crippen LogP contribution in [0.4, 0.5) is 9.59 Å². The standard InChI is InChI=1S/C91H99N13O15P2S2/c1-54(78(92)106)98-86(114)90(7,8)102-81(109)57(4)96-83(111)76(51-120(122,61-31-15-11-16-32-61)62-33-17-12-18-34-62)103(88(116)118-49-73-69-43-27-23-39-65(69)66-40-24-28-44-70(66)73)85(113)77(52-121(123,63-35-19-13-20-36-63)64-37-21-14-22-38-64)104(89(117)119-50-74-71-45-29-25-41-67(71)68-42-26-30-46-72(68)74)84(112)58(5)97-82(110)75(47-60-48-93-53-94-60)100-79(107)55(2)99-87(115)91(9,10)101-80(108)56(3)95-59(6)105/h11-46,48,53-58,73-77H,47,49-52H2,1-10H3,(H2,92,106)(H,93,94)(H,95,105)(H,96,111)(H,97,110)(H,98,114)(H,99,115)(H,100,107)(H,101,108)(H,102,109)/t54-,55-,56-,57-,58-,75-,76-,77-/m0/s1. The van der Waals surface area contributed by atoms with Crippen molar-refractivity contribution in [3.8, 4) is 22.3 Å². The van der Waals surface area contributed by atoms with Gasteiger partial charge in [0.15, 0.2) is 0 Å². The van der Waals surface area contributed by atoms with Crippen LogP contribution in [0.15, 0.2) is 231 Å². The number of aromatic nitrogens is 2. The zero-order valence-electron chi connectivity index (χ0n) is 69.5. The minimum atomic E-state index is -3.81. The van der Waals surface area contributed by atoms with E-state index in [4.69, 9.17) is 38.8 Å². The smallest absolute Gasteiger partial charge is 0.417 e. The monoisotopic (exact) mass is 1740 g/mol. The van der Waals surface area contributed by atoms with Crippen LogP contribution >= 0.6 is 12.1 Å². The number of aromatic amines is 1. The van der Waals surface area contributed by atoms with Crippen molar-refractivity contribution in [1.82, 2.24) is 62.3 Å². The molecule has 0 saturated heterocycles. The molecule has 11 rings (SSSR count). The lowest BCUT2D eigenvalue weighted by atomic mass is 9.98. The SMILES string of the molecule is CC(=O)N[C@@H](C)C(=O)NC(C)(C)C(=O)N[C@@H](C)C(=O)N[C@@H](Cc1c[nH]cn1)C(=O)N[C@@H](C)C(=O)N(C(=O)OCC1c2ccccc2-c2ccccc21)[C@@H](CP(=S)(c1ccccc1)c1ccccc1)C(=O)N(C(=O)OCC1c2ccccc2-c2ccccc21)[C@@H](CP(=S)(c1ccccc1)c1ccccc1)C(=O)N[C@@H](C)C(=O)NC(C)(C)C(=O)N[C@@H](C)C(N)=O. The number of amides is 13. The Bertz CT molecular complexity index is 5400. The molecule has 2 aliphatic rings. The van der Waals surface area contributed by atoms with Crippen LogP contribution in [0.2, 0.25) is 0 Å². The zero-order chi connectivity index (χ0) is 88.8. The highest BCUT2D eigenvalue weighted by atomic mass is 32.4. The number of nitrogens with two attached hydrogens (primary N) is 1. The van der Waals surface area contributed by atoms with Gasteiger partial charge in [0.1, 0.15) is 72.6 Å². The van der Waals surface area contributed by atoms with Crippen LogP contribution in [0, 0.1) is 0 Å². The lowest BCUT2D eigenvalue weighted by Crippen LogP contribution is -2.65. The van der Waals surface area contributed by atoms with E-state index in [0.29, 0.717) is 31.0 Å². The summed E-state index contributed by atoms with van der Waals surface area (Å²) in [6.45, 7) is 12.2. The van der Waals surface area contributed by atoms with Crippen LogP contribution < -0.4 is 69.5 Å². The maximum absolute atomic E-state index is 18.2. The highest BCUT2D eigenvalue weighted by Gasteiger charge is 2.51. The van der Waals surface area contributed by atoms with Crippen molar-refractivity contribution in [2.75, 3.05) is 25.5 Å². The third-order valence-electron chi connectivity index (χ3n) is 21.7. The molecule has 0 radical (unpaired) electrons. The number of carbonyl (C=O) groups excluding carboxylic acids is 13. The van der Waals surface area contributed by atoms with E-state index in [1.807, 2.05) is 97.1 Å². The Hall–Kier alpha value is -12.6. The predicted molar refractivity (Wildman–Crippen MR) is 476 cm³/mol. The number of H-pyrrole nitrogens is 1. The van der Waals surface area contributed by atoms with Gasteiger partial charge in [-0.15, -0.1) is 0 Å². The van der Waals surface area contributed by atoms with Crippen molar-refractivity contribution in [1.29, 1.82) is 0 Å². The summed E-state index contributed by atoms with van der Waals surface area (Å²) >= 11 is 14.1. The molecule has 8 atom stereocenters. The first kappa shape index (κ1) is 91.1. The van der Waals surface area contributed by atoms with Crippen LogP contribution in [-0.4, -0.2) is 182 Å². The normalized spacial score (nSPS) is 14.3. The Balaban J connectivity index is 1.09. The molecule has 28 nitrogen and oxygen atoms in total. The molecule has 11 N–H and O–H groups in total. The van der Waals surface area contributed by atoms with Gasteiger partial charge in [-0.25, -0.2) is 24.4 Å². The van der Waals surface area contributed by atoms with Gasteiger partial charge >= 0.3 is 12.2 Å². The van der Waals surface area contributed by atoms with Gasteiger partial charge in [-0.05, 0) is 128 Å². The van der Waals surface area contributed by atoms with Gasteiger partial charge in [0.25, 0.3) is 11.8 Å². The van der Waals surface area contributed by atoms with Crippen LogP contribution in [0.3, 0.4) is 0 Å². The fraction of sp³-hybridized carbons (Fsp3) is 0.297. The third-order valence-corrected chi connectivity index (χ3v) is 31.4. The summed E-state index contributed by atoms with van der Waals surface area (Å²) in [5.74, 6) is -12.2. The molecule has 0 saturated carbocycles. The number of carbonyl (C=O) groups is 13. The molecule has 9 aromatic rings. The molecule has 0 fully saturated rings. The summed E-state index contributed by atoms with van der Waals surface area (Å²) in [5, 5.41) is 22.6. The van der Waals surface area contributed by atoms with Gasteiger partial charge in [-0.2, -0.15) is 0 Å². The Labute approximate surface area is 723 Å². The van der Waals surface area contributed by atoms with E-state index in [2.05, 4.69) is 52.5 Å². The lowest BCUT2D eigenvalue weighted by molar-refractivity contribution is -0.147. The molecule has 1 aromatic heterocycles. The first-order valence-corrected chi connectivity index (χ1v) is 46.0. The van der Waals surface area contributed by atoms with Crippen LogP contribution in [0.1, 0.15) is 109 Å². The minimum absolute atomic E-state index is 0.219. The highest BCUT2D eigenvalue weighted by molar-refractivity contribution is 8.22. The molecule has 1 heterocycles. The fourth-order valence-corrected chi connectivity index (χ4v) is 22.9. The number of hydrogen-bond donors (Lipinski definition) is 10. The topological polar surface area (TPSA) is 398 Å². The molecule has 8 aromatic carbocycles. The largest absolute Gasteiger partial charge is 0.448 e. The van der Waals surface area contributed by atoms with Gasteiger partial charge in [-0.1, -0.05) is 242 Å². The van der Waals surface area contributed by atoms with Gasteiger partial charge in [0, 0.05) is 55.8 Å². The number of imidazole rings is 1. The molecule has 2 aliphatic carbocycles. The van der Waals surface area contributed by atoms with Gasteiger partial charge in [0.2, 0.25) is 53.2 Å². The Morgan fingerprint density at radius 3 is 1.14 bits per heavy atom. The van der Waals surface area contributed by atoms with Gasteiger partial charge in [-0.3, -0.25) is 52.7 Å². The summed E-state index contributed by atoms with van der Waals surface area (Å²) in [5.41, 5.74) is 8.47. The minimum Gasteiger partial charge on any atom is -0.448 e. The van der Waals surface area contributed by atoms with Gasteiger partial charge in [0.05, 0.1) is 12.0 Å². The van der Waals surface area contributed by atoms with Crippen molar-refractivity contribution in [3.63, 3.8) is 0 Å². The number of rotatable bonds is 34. The second kappa shape index (κ2) is 39.5. The van der Waals surface area contributed by atoms with Crippen LogP contribution in [-0.2, 0) is 92.2 Å². The number of fused-ring (bicyclic) bond motifs is 6. The average Bonchev–Trinajstić information content (AvgIpc) is 1.29. The quantitative estimate of drug-likeness (QED) is 0.0185. The summed E-state index contributed by atoms with van der Waals surface area (Å²) < 4.78 is 13.2. The summed E-state index contributed by atoms with van der Waals surface area (Å²) in [4.78, 5) is 204. The van der Waals surface area contributed by atoms with E-state index in [-0.39, 0.29) is 12.1 Å². The average molecular weight is 1740 g/mol. The predicted octanol–water partition coefficient (Wildman–Crippen LogP) is 6.81. The maximum atomic E-state index is 18.2. The number of nitrogens with one attached hydrogen (secondary N) is 9. The van der Waals surface area contributed by atoms with Crippen molar-refractivity contribution in [2.45, 2.75) is 147 Å². The van der Waals surface area contributed by atoms with E-state index in [1.165, 1.54) is 81.8 Å². The highest BCUT2D eigenvalue weighted by Crippen LogP contribution is 2.50. The second-order valence-corrected chi connectivity index (χ2v) is 41.0. The number of ether oxygens (including phenoxy) is 2. The van der Waals surface area contributed by atoms with E-state index < -0.39 is 186 Å². The number of nitrogens with zero attached hydrogens (tertiary/aromatic N) is 3. The maximum Gasteiger partial charge on any atom is 0.417 e. The molecular weight excluding hydrogens is 1640 g/mol. The van der Waals surface area contributed by atoms with Crippen LogP contribution in [0.5, 0.6) is 0 Å². The summed E-state index contributed by atoms with van der Waals surface area (Å²) in [6, 6.07) is 43.3. The molecule has 32 heteroatoms. The molecule has 640 valence electrons. The molecule has 0 unspecified atom stereocenters. The van der Waals surface area contributed by atoms with E-state index in [1.54, 1.807) is 121 Å². The van der Waals surface area contributed by atoms with E-state index >= 15 is 28.8 Å². The van der Waals surface area contributed by atoms with Crippen molar-refractivity contribution in [3.05, 3.63) is 259 Å². The number of imide groups is 2.